The lowest BCUT2D eigenvalue weighted by Crippen LogP contribution is -2.56. The summed E-state index contributed by atoms with van der Waals surface area (Å²) in [6.45, 7) is 4.11. The van der Waals surface area contributed by atoms with Crippen molar-refractivity contribution in [2.75, 3.05) is 26.7 Å². The second-order valence-corrected chi connectivity index (χ2v) is 4.86. The summed E-state index contributed by atoms with van der Waals surface area (Å²) in [4.78, 5) is 13.9. The Morgan fingerprint density at radius 3 is 2.79 bits per heavy atom. The van der Waals surface area contributed by atoms with E-state index in [1.807, 2.05) is 6.92 Å². The maximum Gasteiger partial charge on any atom is 0.241 e. The SMILES string of the molecule is CC(c1ccccc1F)N(C)C(=O)C1CNCCN1. The molecule has 1 aromatic rings. The van der Waals surface area contributed by atoms with E-state index in [4.69, 9.17) is 0 Å². The van der Waals surface area contributed by atoms with Crippen molar-refractivity contribution in [1.29, 1.82) is 0 Å². The predicted molar refractivity (Wildman–Crippen MR) is 72.2 cm³/mol. The van der Waals surface area contributed by atoms with Gasteiger partial charge in [-0.1, -0.05) is 18.2 Å². The second kappa shape index (κ2) is 6.12. The molecule has 0 aromatic heterocycles. The lowest BCUT2D eigenvalue weighted by atomic mass is 10.1. The zero-order chi connectivity index (χ0) is 13.8. The second-order valence-electron chi connectivity index (χ2n) is 4.86. The monoisotopic (exact) mass is 265 g/mol. The Balaban J connectivity index is 2.08. The molecule has 1 fully saturated rings. The number of rotatable bonds is 3. The first-order valence-corrected chi connectivity index (χ1v) is 6.56. The van der Waals surface area contributed by atoms with Gasteiger partial charge in [-0.3, -0.25) is 4.79 Å². The first kappa shape index (κ1) is 14.0. The smallest absolute Gasteiger partial charge is 0.241 e. The molecule has 104 valence electrons. The molecule has 0 radical (unpaired) electrons. The van der Waals surface area contributed by atoms with Gasteiger partial charge in [0.05, 0.1) is 12.1 Å². The lowest BCUT2D eigenvalue weighted by Gasteiger charge is -2.32. The Morgan fingerprint density at radius 2 is 2.16 bits per heavy atom. The minimum Gasteiger partial charge on any atom is -0.337 e. The maximum absolute atomic E-state index is 13.7. The fourth-order valence-electron chi connectivity index (χ4n) is 2.29. The average molecular weight is 265 g/mol. The van der Waals surface area contributed by atoms with Crippen LogP contribution in [0.2, 0.25) is 0 Å². The summed E-state index contributed by atoms with van der Waals surface area (Å²) in [5.41, 5.74) is 0.544. The van der Waals surface area contributed by atoms with E-state index < -0.39 is 0 Å². The van der Waals surface area contributed by atoms with Crippen LogP contribution in [0, 0.1) is 5.82 Å². The van der Waals surface area contributed by atoms with Crippen molar-refractivity contribution in [3.8, 4) is 0 Å². The number of nitrogens with zero attached hydrogens (tertiary/aromatic N) is 1. The van der Waals surface area contributed by atoms with Crippen LogP contribution in [0.25, 0.3) is 0 Å². The molecule has 0 bridgehead atoms. The predicted octanol–water partition coefficient (Wildman–Crippen LogP) is 0.906. The quantitative estimate of drug-likeness (QED) is 0.853. The van der Waals surface area contributed by atoms with Gasteiger partial charge in [-0.25, -0.2) is 4.39 Å². The molecule has 2 N–H and O–H groups in total. The summed E-state index contributed by atoms with van der Waals surface area (Å²) in [5.74, 6) is -0.285. The average Bonchev–Trinajstić information content (AvgIpc) is 2.46. The number of likely N-dealkylation sites (N-methyl/N-ethyl adjacent to an activating group) is 1. The number of hydrogen-bond donors (Lipinski definition) is 2. The van der Waals surface area contributed by atoms with E-state index in [0.29, 0.717) is 12.1 Å². The van der Waals surface area contributed by atoms with Gasteiger partial charge in [-0.15, -0.1) is 0 Å². The third-order valence-corrected chi connectivity index (χ3v) is 3.62. The van der Waals surface area contributed by atoms with E-state index in [1.54, 1.807) is 30.1 Å². The van der Waals surface area contributed by atoms with Gasteiger partial charge in [0.2, 0.25) is 5.91 Å². The normalized spacial score (nSPS) is 20.9. The number of piperazine rings is 1. The summed E-state index contributed by atoms with van der Waals surface area (Å²) in [6.07, 6.45) is 0. The Labute approximate surface area is 113 Å². The van der Waals surface area contributed by atoms with Gasteiger partial charge < -0.3 is 15.5 Å². The number of benzene rings is 1. The molecule has 4 nitrogen and oxygen atoms in total. The summed E-state index contributed by atoms with van der Waals surface area (Å²) in [6, 6.07) is 6.07. The van der Waals surface area contributed by atoms with Gasteiger partial charge in [-0.2, -0.15) is 0 Å². The topological polar surface area (TPSA) is 44.4 Å². The summed E-state index contributed by atoms with van der Waals surface area (Å²) >= 11 is 0. The molecule has 1 aliphatic rings. The van der Waals surface area contributed by atoms with Gasteiger partial charge >= 0.3 is 0 Å². The van der Waals surface area contributed by atoms with E-state index in [0.717, 1.165) is 13.1 Å². The first-order chi connectivity index (χ1) is 9.11. The number of halogens is 1. The van der Waals surface area contributed by atoms with Crippen molar-refractivity contribution in [3.05, 3.63) is 35.6 Å². The standard InChI is InChI=1S/C14H20FN3O/c1-10(11-5-3-4-6-12(11)15)18(2)14(19)13-9-16-7-8-17-13/h3-6,10,13,16-17H,7-9H2,1-2H3. The summed E-state index contributed by atoms with van der Waals surface area (Å²) < 4.78 is 13.7. The van der Waals surface area contributed by atoms with E-state index in [9.17, 15) is 9.18 Å². The van der Waals surface area contributed by atoms with Crippen LogP contribution in [0.5, 0.6) is 0 Å². The van der Waals surface area contributed by atoms with Crippen LogP contribution >= 0.6 is 0 Å². The van der Waals surface area contributed by atoms with Crippen LogP contribution in [-0.4, -0.2) is 43.5 Å². The highest BCUT2D eigenvalue weighted by molar-refractivity contribution is 5.82. The number of nitrogens with one attached hydrogen (secondary N) is 2. The Bertz CT molecular complexity index is 446. The highest BCUT2D eigenvalue weighted by Crippen LogP contribution is 2.22. The number of carbonyl (C=O) groups excluding carboxylic acids is 1. The molecule has 19 heavy (non-hydrogen) atoms. The molecule has 1 aromatic carbocycles. The first-order valence-electron chi connectivity index (χ1n) is 6.56. The highest BCUT2D eigenvalue weighted by Gasteiger charge is 2.27. The number of amides is 1. The molecule has 5 heteroatoms. The molecule has 0 spiro atoms. The Kier molecular flexibility index (Phi) is 4.50. The highest BCUT2D eigenvalue weighted by atomic mass is 19.1. The zero-order valence-electron chi connectivity index (χ0n) is 11.3. The molecule has 2 rings (SSSR count). The van der Waals surface area contributed by atoms with E-state index in [-0.39, 0.29) is 23.8 Å². The molecular formula is C14H20FN3O. The largest absolute Gasteiger partial charge is 0.337 e. The van der Waals surface area contributed by atoms with Gasteiger partial charge in [-0.05, 0) is 13.0 Å². The van der Waals surface area contributed by atoms with Crippen molar-refractivity contribution in [2.45, 2.75) is 19.0 Å². The van der Waals surface area contributed by atoms with Crippen LogP contribution in [-0.2, 0) is 4.79 Å². The molecule has 2 atom stereocenters. The Morgan fingerprint density at radius 1 is 1.42 bits per heavy atom. The molecule has 0 aliphatic carbocycles. The third kappa shape index (κ3) is 3.11. The molecule has 1 heterocycles. The van der Waals surface area contributed by atoms with Gasteiger partial charge in [0.1, 0.15) is 5.82 Å². The molecular weight excluding hydrogens is 245 g/mol. The molecule has 1 aliphatic heterocycles. The van der Waals surface area contributed by atoms with E-state index >= 15 is 0 Å². The molecule has 1 saturated heterocycles. The zero-order valence-corrected chi connectivity index (χ0v) is 11.3. The van der Waals surface area contributed by atoms with Crippen LogP contribution < -0.4 is 10.6 Å². The lowest BCUT2D eigenvalue weighted by molar-refractivity contribution is -0.134. The van der Waals surface area contributed by atoms with Crippen molar-refractivity contribution in [1.82, 2.24) is 15.5 Å². The van der Waals surface area contributed by atoms with E-state index in [2.05, 4.69) is 10.6 Å². The Hall–Kier alpha value is -1.46. The fraction of sp³-hybridized carbons (Fsp3) is 0.500. The van der Waals surface area contributed by atoms with E-state index in [1.165, 1.54) is 6.07 Å². The van der Waals surface area contributed by atoms with Crippen molar-refractivity contribution < 1.29 is 9.18 Å². The molecule has 2 unspecified atom stereocenters. The fourth-order valence-corrected chi connectivity index (χ4v) is 2.29. The van der Waals surface area contributed by atoms with Gasteiger partial charge in [0.15, 0.2) is 0 Å². The van der Waals surface area contributed by atoms with Crippen molar-refractivity contribution in [2.24, 2.45) is 0 Å². The van der Waals surface area contributed by atoms with Crippen molar-refractivity contribution in [3.63, 3.8) is 0 Å². The maximum atomic E-state index is 13.7. The van der Waals surface area contributed by atoms with Crippen LogP contribution in [0.1, 0.15) is 18.5 Å². The van der Waals surface area contributed by atoms with Crippen LogP contribution in [0.3, 0.4) is 0 Å². The van der Waals surface area contributed by atoms with Crippen LogP contribution in [0.15, 0.2) is 24.3 Å². The summed E-state index contributed by atoms with van der Waals surface area (Å²) in [5, 5.41) is 6.35. The van der Waals surface area contributed by atoms with Gasteiger partial charge in [0.25, 0.3) is 0 Å². The van der Waals surface area contributed by atoms with Crippen LogP contribution in [0.4, 0.5) is 4.39 Å². The number of hydrogen-bond acceptors (Lipinski definition) is 3. The minimum absolute atomic E-state index is 0.0112. The molecule has 0 saturated carbocycles. The molecule has 1 amide bonds. The van der Waals surface area contributed by atoms with Gasteiger partial charge in [0, 0.05) is 32.2 Å². The summed E-state index contributed by atoms with van der Waals surface area (Å²) in [7, 11) is 1.72. The van der Waals surface area contributed by atoms with Crippen molar-refractivity contribution >= 4 is 5.91 Å². The minimum atomic E-state index is -0.280. The number of carbonyl (C=O) groups is 1. The third-order valence-electron chi connectivity index (χ3n) is 3.62.